The molecule has 0 radical (unpaired) electrons. The molecule has 0 aromatic heterocycles. The van der Waals surface area contributed by atoms with E-state index < -0.39 is 18.1 Å². The van der Waals surface area contributed by atoms with Crippen molar-refractivity contribution in [2.75, 3.05) is 13.6 Å². The van der Waals surface area contributed by atoms with E-state index in [9.17, 15) is 14.4 Å². The summed E-state index contributed by atoms with van der Waals surface area (Å²) in [6.45, 7) is 2.11. The van der Waals surface area contributed by atoms with Crippen molar-refractivity contribution >= 4 is 17.7 Å². The molecule has 0 spiro atoms. The molecule has 8 nitrogen and oxygen atoms in total. The van der Waals surface area contributed by atoms with Gasteiger partial charge in [-0.2, -0.15) is 0 Å². The highest BCUT2D eigenvalue weighted by atomic mass is 16.2. The minimum atomic E-state index is -0.630. The number of hydrogen-bond acceptors (Lipinski definition) is 5. The van der Waals surface area contributed by atoms with Crippen LogP contribution >= 0.6 is 0 Å². The number of hydrogen-bond donors (Lipinski definition) is 4. The largest absolute Gasteiger partial charge is 0.347 e. The fourth-order valence-corrected chi connectivity index (χ4v) is 5.97. The molecular weight excluding hydrogens is 442 g/mol. The Morgan fingerprint density at radius 3 is 2.54 bits per heavy atom. The minimum Gasteiger partial charge on any atom is -0.347 e. The lowest BCUT2D eigenvalue weighted by Gasteiger charge is -2.35. The van der Waals surface area contributed by atoms with Crippen LogP contribution in [0.25, 0.3) is 0 Å². The molecule has 3 amide bonds. The van der Waals surface area contributed by atoms with Gasteiger partial charge in [-0.05, 0) is 69.5 Å². The van der Waals surface area contributed by atoms with Gasteiger partial charge in [0.25, 0.3) is 0 Å². The molecule has 1 saturated carbocycles. The summed E-state index contributed by atoms with van der Waals surface area (Å²) in [6.07, 6.45) is 8.43. The van der Waals surface area contributed by atoms with Crippen LogP contribution in [0.3, 0.4) is 0 Å². The molecule has 0 bridgehead atoms. The molecule has 192 valence electrons. The number of fused-ring (bicyclic) bond motifs is 1. The lowest BCUT2D eigenvalue weighted by atomic mass is 9.83. The van der Waals surface area contributed by atoms with E-state index in [4.69, 9.17) is 5.73 Å². The van der Waals surface area contributed by atoms with Crippen LogP contribution in [0.1, 0.15) is 75.5 Å². The third kappa shape index (κ3) is 5.86. The first-order valence-electron chi connectivity index (χ1n) is 13.3. The lowest BCUT2D eigenvalue weighted by Crippen LogP contribution is -2.58. The van der Waals surface area contributed by atoms with Crippen LogP contribution in [0.2, 0.25) is 0 Å². The van der Waals surface area contributed by atoms with Crippen molar-refractivity contribution in [1.29, 1.82) is 0 Å². The number of amides is 3. The third-order valence-electron chi connectivity index (χ3n) is 8.12. The summed E-state index contributed by atoms with van der Waals surface area (Å²) >= 11 is 0. The number of nitrogens with zero attached hydrogens (tertiary/aromatic N) is 1. The highest BCUT2D eigenvalue weighted by Gasteiger charge is 2.43. The maximum absolute atomic E-state index is 13.9. The maximum atomic E-state index is 13.9. The van der Waals surface area contributed by atoms with Gasteiger partial charge in [0.1, 0.15) is 12.1 Å². The highest BCUT2D eigenvalue weighted by Crippen LogP contribution is 2.32. The van der Waals surface area contributed by atoms with E-state index in [0.717, 1.165) is 51.4 Å². The Kier molecular flexibility index (Phi) is 8.44. The number of nitrogens with one attached hydrogen (secondary N) is 3. The first-order chi connectivity index (χ1) is 16.9. The Labute approximate surface area is 208 Å². The van der Waals surface area contributed by atoms with E-state index in [-0.39, 0.29) is 35.7 Å². The second-order valence-corrected chi connectivity index (χ2v) is 10.5. The zero-order valence-electron chi connectivity index (χ0n) is 21.1. The summed E-state index contributed by atoms with van der Waals surface area (Å²) < 4.78 is 0. The van der Waals surface area contributed by atoms with Crippen LogP contribution in [-0.2, 0) is 20.8 Å². The number of aryl methyl sites for hydroxylation is 1. The molecular formula is C27H41N5O3. The van der Waals surface area contributed by atoms with Crippen molar-refractivity contribution in [3.05, 3.63) is 35.4 Å². The smallest absolute Gasteiger partial charge is 0.246 e. The Bertz CT molecular complexity index is 916. The molecule has 8 heteroatoms. The molecule has 5 N–H and O–H groups in total. The summed E-state index contributed by atoms with van der Waals surface area (Å²) in [5.74, 6) is -0.439. The van der Waals surface area contributed by atoms with E-state index >= 15 is 0 Å². The van der Waals surface area contributed by atoms with Crippen LogP contribution < -0.4 is 21.7 Å². The van der Waals surface area contributed by atoms with Crippen molar-refractivity contribution in [2.45, 2.75) is 94.9 Å². The average Bonchev–Trinajstić information content (AvgIpc) is 3.28. The standard InChI is InChI=1S/C27H41N5O3/c1-17(29-2)25(33)31-24(19-10-4-3-5-11-19)27(35)32-16-20(28)15-23(32)26(34)30-22-14-8-12-18-9-6-7-13-21(18)22/h6-7,9,13,17,19-20,22-24,29H,3-5,8,10-12,14-16,28H2,1-2H3,(H,30,34)(H,31,33)/t17-,20-,22+,23-,24-/m0/s1. The summed E-state index contributed by atoms with van der Waals surface area (Å²) in [6, 6.07) is 6.30. The molecule has 1 heterocycles. The number of rotatable bonds is 7. The van der Waals surface area contributed by atoms with Gasteiger partial charge in [-0.15, -0.1) is 0 Å². The van der Waals surface area contributed by atoms with Gasteiger partial charge in [-0.25, -0.2) is 0 Å². The van der Waals surface area contributed by atoms with Crippen LogP contribution in [0.4, 0.5) is 0 Å². The molecule has 1 aromatic rings. The highest BCUT2D eigenvalue weighted by molar-refractivity contribution is 5.94. The van der Waals surface area contributed by atoms with Crippen LogP contribution in [-0.4, -0.2) is 60.4 Å². The zero-order chi connectivity index (χ0) is 24.9. The van der Waals surface area contributed by atoms with Crippen molar-refractivity contribution < 1.29 is 14.4 Å². The van der Waals surface area contributed by atoms with Gasteiger partial charge in [0, 0.05) is 12.6 Å². The predicted octanol–water partition coefficient (Wildman–Crippen LogP) is 1.78. The summed E-state index contributed by atoms with van der Waals surface area (Å²) in [7, 11) is 1.73. The van der Waals surface area contributed by atoms with Crippen molar-refractivity contribution in [3.8, 4) is 0 Å². The minimum absolute atomic E-state index is 0.0495. The first kappa shape index (κ1) is 25.6. The van der Waals surface area contributed by atoms with Crippen LogP contribution in [0.15, 0.2) is 24.3 Å². The fraction of sp³-hybridized carbons (Fsp3) is 0.667. The average molecular weight is 484 g/mol. The topological polar surface area (TPSA) is 117 Å². The molecule has 1 aromatic carbocycles. The number of nitrogens with two attached hydrogens (primary N) is 1. The Morgan fingerprint density at radius 2 is 1.80 bits per heavy atom. The van der Waals surface area contributed by atoms with Gasteiger partial charge >= 0.3 is 0 Å². The molecule has 0 unspecified atom stereocenters. The predicted molar refractivity (Wildman–Crippen MR) is 135 cm³/mol. The van der Waals surface area contributed by atoms with Gasteiger partial charge in [0.2, 0.25) is 17.7 Å². The Hall–Kier alpha value is -2.45. The quantitative estimate of drug-likeness (QED) is 0.472. The van der Waals surface area contributed by atoms with Gasteiger partial charge < -0.3 is 26.6 Å². The normalized spacial score (nSPS) is 26.5. The van der Waals surface area contributed by atoms with E-state index in [2.05, 4.69) is 28.1 Å². The SMILES string of the molecule is CN[C@@H](C)C(=O)N[C@H](C(=O)N1C[C@@H](N)C[C@H]1C(=O)N[C@@H]1CCCc2ccccc21)C1CCCCC1. The molecule has 2 fully saturated rings. The van der Waals surface area contributed by atoms with Crippen LogP contribution in [0.5, 0.6) is 0 Å². The number of benzene rings is 1. The molecule has 2 aliphatic carbocycles. The summed E-state index contributed by atoms with van der Waals surface area (Å²) in [5, 5.41) is 9.19. The third-order valence-corrected chi connectivity index (χ3v) is 8.12. The number of carbonyl (C=O) groups excluding carboxylic acids is 3. The van der Waals surface area contributed by atoms with Crippen molar-refractivity contribution in [3.63, 3.8) is 0 Å². The van der Waals surface area contributed by atoms with Crippen molar-refractivity contribution in [1.82, 2.24) is 20.9 Å². The second-order valence-electron chi connectivity index (χ2n) is 10.5. The second kappa shape index (κ2) is 11.5. The number of likely N-dealkylation sites (N-methyl/N-ethyl adjacent to an activating group) is 1. The van der Waals surface area contributed by atoms with E-state index in [1.807, 2.05) is 12.1 Å². The van der Waals surface area contributed by atoms with E-state index in [1.165, 1.54) is 11.1 Å². The van der Waals surface area contributed by atoms with Gasteiger partial charge in [0.05, 0.1) is 12.1 Å². The number of likely N-dealkylation sites (tertiary alicyclic amines) is 1. The molecule has 1 saturated heterocycles. The van der Waals surface area contributed by atoms with E-state index in [0.29, 0.717) is 13.0 Å². The van der Waals surface area contributed by atoms with Gasteiger partial charge in [-0.1, -0.05) is 43.5 Å². The molecule has 4 rings (SSSR count). The molecule has 5 atom stereocenters. The van der Waals surface area contributed by atoms with E-state index in [1.54, 1.807) is 18.9 Å². The Balaban J connectivity index is 1.51. The van der Waals surface area contributed by atoms with Gasteiger partial charge in [-0.3, -0.25) is 14.4 Å². The monoisotopic (exact) mass is 483 g/mol. The van der Waals surface area contributed by atoms with Crippen molar-refractivity contribution in [2.24, 2.45) is 11.7 Å². The summed E-state index contributed by atoms with van der Waals surface area (Å²) in [5.41, 5.74) is 8.72. The molecule has 3 aliphatic rings. The lowest BCUT2D eigenvalue weighted by molar-refractivity contribution is -0.143. The molecule has 1 aliphatic heterocycles. The number of carbonyl (C=O) groups is 3. The fourth-order valence-electron chi connectivity index (χ4n) is 5.97. The summed E-state index contributed by atoms with van der Waals surface area (Å²) in [4.78, 5) is 41.8. The maximum Gasteiger partial charge on any atom is 0.246 e. The molecule has 35 heavy (non-hydrogen) atoms. The van der Waals surface area contributed by atoms with Crippen LogP contribution in [0, 0.1) is 5.92 Å². The first-order valence-corrected chi connectivity index (χ1v) is 13.3. The van der Waals surface area contributed by atoms with Gasteiger partial charge in [0.15, 0.2) is 0 Å². The zero-order valence-corrected chi connectivity index (χ0v) is 21.1. The Morgan fingerprint density at radius 1 is 1.06 bits per heavy atom.